The predicted octanol–water partition coefficient (Wildman–Crippen LogP) is 4.32. The molecule has 4 heteroatoms. The summed E-state index contributed by atoms with van der Waals surface area (Å²) in [5.74, 6) is 1.30. The molecule has 0 amide bonds. The van der Waals surface area contributed by atoms with Gasteiger partial charge in [-0.3, -0.25) is 0 Å². The van der Waals surface area contributed by atoms with Crippen molar-refractivity contribution in [3.8, 4) is 6.07 Å². The van der Waals surface area contributed by atoms with Gasteiger partial charge in [-0.15, -0.1) is 11.3 Å². The minimum atomic E-state index is 0.428. The molecule has 0 aromatic carbocycles. The van der Waals surface area contributed by atoms with E-state index in [4.69, 9.17) is 11.0 Å². The Kier molecular flexibility index (Phi) is 4.36. The molecule has 0 radical (unpaired) electrons. The number of thiophene rings is 1. The highest BCUT2D eigenvalue weighted by Crippen LogP contribution is 2.50. The maximum Gasteiger partial charge on any atom is 0.130 e. The minimum Gasteiger partial charge on any atom is -0.397 e. The van der Waals surface area contributed by atoms with Crippen LogP contribution in [0, 0.1) is 17.2 Å². The summed E-state index contributed by atoms with van der Waals surface area (Å²) in [5, 5.41) is 13.8. The minimum absolute atomic E-state index is 0.428. The van der Waals surface area contributed by atoms with Gasteiger partial charge in [-0.25, -0.2) is 0 Å². The summed E-state index contributed by atoms with van der Waals surface area (Å²) >= 11 is 1.52. The average Bonchev–Trinajstić information content (AvgIpc) is 3.15. The SMILES string of the molecule is CCC(C)CC(C)Nc1sc(C#N)c(N)c1C1CC1. The zero-order valence-electron chi connectivity index (χ0n) is 12.0. The van der Waals surface area contributed by atoms with Crippen molar-refractivity contribution in [2.45, 2.75) is 58.4 Å². The highest BCUT2D eigenvalue weighted by molar-refractivity contribution is 7.17. The van der Waals surface area contributed by atoms with E-state index in [1.54, 1.807) is 0 Å². The van der Waals surface area contributed by atoms with Crippen LogP contribution in [-0.4, -0.2) is 6.04 Å². The van der Waals surface area contributed by atoms with E-state index in [-0.39, 0.29) is 0 Å². The van der Waals surface area contributed by atoms with Crippen molar-refractivity contribution in [2.75, 3.05) is 11.1 Å². The molecule has 1 aromatic rings. The molecule has 1 saturated carbocycles. The number of nitrogens with zero attached hydrogens (tertiary/aromatic N) is 1. The Balaban J connectivity index is 2.13. The lowest BCUT2D eigenvalue weighted by atomic mass is 10.0. The highest BCUT2D eigenvalue weighted by atomic mass is 32.1. The molecule has 1 aromatic heterocycles. The Hall–Kier alpha value is -1.21. The number of nitrogens with one attached hydrogen (secondary N) is 1. The van der Waals surface area contributed by atoms with Crippen LogP contribution in [0.25, 0.3) is 0 Å². The molecule has 2 unspecified atom stereocenters. The first-order chi connectivity index (χ1) is 9.06. The Morgan fingerprint density at radius 3 is 2.68 bits per heavy atom. The lowest BCUT2D eigenvalue weighted by molar-refractivity contribution is 0.484. The molecule has 0 aliphatic heterocycles. The number of nitriles is 1. The van der Waals surface area contributed by atoms with Gasteiger partial charge in [-0.05, 0) is 38.0 Å². The van der Waals surface area contributed by atoms with E-state index in [1.807, 2.05) is 0 Å². The Labute approximate surface area is 119 Å². The molecule has 0 spiro atoms. The molecular weight excluding hydrogens is 254 g/mol. The van der Waals surface area contributed by atoms with Gasteiger partial charge in [0.2, 0.25) is 0 Å². The van der Waals surface area contributed by atoms with Crippen LogP contribution in [0.2, 0.25) is 0 Å². The number of nitrogen functional groups attached to an aromatic ring is 1. The summed E-state index contributed by atoms with van der Waals surface area (Å²) < 4.78 is 0. The molecule has 2 rings (SSSR count). The van der Waals surface area contributed by atoms with Crippen molar-refractivity contribution >= 4 is 22.0 Å². The van der Waals surface area contributed by atoms with Crippen LogP contribution < -0.4 is 11.1 Å². The van der Waals surface area contributed by atoms with Crippen LogP contribution in [-0.2, 0) is 0 Å². The number of rotatable bonds is 6. The van der Waals surface area contributed by atoms with Gasteiger partial charge < -0.3 is 11.1 Å². The van der Waals surface area contributed by atoms with E-state index in [0.717, 1.165) is 17.3 Å². The molecule has 0 saturated heterocycles. The van der Waals surface area contributed by atoms with Crippen LogP contribution in [0.4, 0.5) is 10.7 Å². The lowest BCUT2D eigenvalue weighted by Crippen LogP contribution is -2.18. The topological polar surface area (TPSA) is 61.8 Å². The molecule has 104 valence electrons. The monoisotopic (exact) mass is 277 g/mol. The molecule has 0 bridgehead atoms. The van der Waals surface area contributed by atoms with Gasteiger partial charge in [-0.2, -0.15) is 5.26 Å². The second-order valence-electron chi connectivity index (χ2n) is 5.77. The quantitative estimate of drug-likeness (QED) is 0.814. The maximum absolute atomic E-state index is 9.13. The third-order valence-corrected chi connectivity index (χ3v) is 4.96. The average molecular weight is 277 g/mol. The largest absolute Gasteiger partial charge is 0.397 e. The van der Waals surface area contributed by atoms with Gasteiger partial charge >= 0.3 is 0 Å². The fourth-order valence-electron chi connectivity index (χ4n) is 2.48. The summed E-state index contributed by atoms with van der Waals surface area (Å²) in [6, 6.07) is 2.65. The van der Waals surface area contributed by atoms with Gasteiger partial charge in [0.15, 0.2) is 0 Å². The smallest absolute Gasteiger partial charge is 0.130 e. The molecule has 3 N–H and O–H groups in total. The first kappa shape index (κ1) is 14.2. The summed E-state index contributed by atoms with van der Waals surface area (Å²) in [7, 11) is 0. The van der Waals surface area contributed by atoms with E-state index in [2.05, 4.69) is 32.2 Å². The fourth-order valence-corrected chi connectivity index (χ4v) is 3.59. The van der Waals surface area contributed by atoms with E-state index in [1.165, 1.54) is 36.2 Å². The molecule has 3 nitrogen and oxygen atoms in total. The Morgan fingerprint density at radius 2 is 2.16 bits per heavy atom. The molecule has 19 heavy (non-hydrogen) atoms. The normalized spacial score (nSPS) is 17.8. The standard InChI is InChI=1S/C15H23N3S/c1-4-9(2)7-10(3)18-15-13(11-5-6-11)14(17)12(8-16)19-15/h9-11,18H,4-7,17H2,1-3H3. The lowest BCUT2D eigenvalue weighted by Gasteiger charge is -2.18. The zero-order valence-corrected chi connectivity index (χ0v) is 12.8. The third-order valence-electron chi connectivity index (χ3n) is 3.90. The van der Waals surface area contributed by atoms with Crippen LogP contribution in [0.1, 0.15) is 62.8 Å². The van der Waals surface area contributed by atoms with Gasteiger partial charge in [-0.1, -0.05) is 20.3 Å². The second kappa shape index (κ2) is 5.83. The van der Waals surface area contributed by atoms with Crippen LogP contribution >= 0.6 is 11.3 Å². The summed E-state index contributed by atoms with van der Waals surface area (Å²) in [6.07, 6.45) is 4.78. The molecule has 2 atom stereocenters. The maximum atomic E-state index is 9.13. The van der Waals surface area contributed by atoms with Gasteiger partial charge in [0, 0.05) is 11.6 Å². The predicted molar refractivity (Wildman–Crippen MR) is 82.6 cm³/mol. The summed E-state index contributed by atoms with van der Waals surface area (Å²) in [5.41, 5.74) is 8.03. The van der Waals surface area contributed by atoms with E-state index >= 15 is 0 Å². The van der Waals surface area contributed by atoms with Gasteiger partial charge in [0.25, 0.3) is 0 Å². The van der Waals surface area contributed by atoms with Crippen molar-refractivity contribution in [3.63, 3.8) is 0 Å². The second-order valence-corrected chi connectivity index (χ2v) is 6.79. The van der Waals surface area contributed by atoms with E-state index in [9.17, 15) is 0 Å². The molecular formula is C15H23N3S. The van der Waals surface area contributed by atoms with Crippen LogP contribution in [0.3, 0.4) is 0 Å². The Morgan fingerprint density at radius 1 is 1.47 bits per heavy atom. The fraction of sp³-hybridized carbons (Fsp3) is 0.667. The van der Waals surface area contributed by atoms with Gasteiger partial charge in [0.05, 0.1) is 10.7 Å². The first-order valence-electron chi connectivity index (χ1n) is 7.15. The summed E-state index contributed by atoms with van der Waals surface area (Å²) in [6.45, 7) is 6.72. The van der Waals surface area contributed by atoms with E-state index < -0.39 is 0 Å². The van der Waals surface area contributed by atoms with Crippen LogP contribution in [0.15, 0.2) is 0 Å². The van der Waals surface area contributed by atoms with Crippen molar-refractivity contribution in [1.82, 2.24) is 0 Å². The summed E-state index contributed by atoms with van der Waals surface area (Å²) in [4.78, 5) is 0.667. The Bertz CT molecular complexity index is 482. The van der Waals surface area contributed by atoms with Crippen molar-refractivity contribution in [3.05, 3.63) is 10.4 Å². The van der Waals surface area contributed by atoms with E-state index in [0.29, 0.717) is 22.5 Å². The number of hydrogen-bond acceptors (Lipinski definition) is 4. The third kappa shape index (κ3) is 3.22. The molecule has 1 heterocycles. The van der Waals surface area contributed by atoms with Crippen LogP contribution in [0.5, 0.6) is 0 Å². The molecule has 1 aliphatic carbocycles. The highest BCUT2D eigenvalue weighted by Gasteiger charge is 2.31. The zero-order chi connectivity index (χ0) is 14.0. The first-order valence-corrected chi connectivity index (χ1v) is 7.97. The number of anilines is 2. The van der Waals surface area contributed by atoms with Crippen molar-refractivity contribution < 1.29 is 0 Å². The van der Waals surface area contributed by atoms with Gasteiger partial charge in [0.1, 0.15) is 10.9 Å². The number of hydrogen-bond donors (Lipinski definition) is 2. The number of nitrogens with two attached hydrogens (primary N) is 1. The van der Waals surface area contributed by atoms with Crippen molar-refractivity contribution in [2.24, 2.45) is 5.92 Å². The molecule has 1 aliphatic rings. The van der Waals surface area contributed by atoms with Crippen molar-refractivity contribution in [1.29, 1.82) is 5.26 Å². The molecule has 1 fully saturated rings.